The van der Waals surface area contributed by atoms with Crippen LogP contribution in [0.2, 0.25) is 0 Å². The zero-order valence-corrected chi connectivity index (χ0v) is 18.8. The van der Waals surface area contributed by atoms with E-state index >= 15 is 0 Å². The number of fused-ring (bicyclic) bond motifs is 1. The minimum absolute atomic E-state index is 0.102. The Morgan fingerprint density at radius 3 is 2.90 bits per heavy atom. The van der Waals surface area contributed by atoms with Crippen LogP contribution in [0.25, 0.3) is 10.2 Å². The lowest BCUT2D eigenvalue weighted by Crippen LogP contribution is -2.43. The van der Waals surface area contributed by atoms with Gasteiger partial charge in [-0.05, 0) is 51.5 Å². The van der Waals surface area contributed by atoms with E-state index in [1.807, 2.05) is 25.7 Å². The second-order valence-corrected chi connectivity index (χ2v) is 10.3. The molecule has 7 nitrogen and oxygen atoms in total. The fraction of sp³-hybridized carbons (Fsp3) is 0.600. The largest absolute Gasteiger partial charge is 0.370 e. The zero-order valence-electron chi connectivity index (χ0n) is 17.1. The highest BCUT2D eigenvalue weighted by Gasteiger charge is 2.27. The van der Waals surface area contributed by atoms with E-state index in [1.54, 1.807) is 0 Å². The monoisotopic (exact) mass is 436 g/mol. The van der Waals surface area contributed by atoms with Gasteiger partial charge in [-0.25, -0.2) is 4.98 Å². The summed E-state index contributed by atoms with van der Waals surface area (Å²) in [7, 11) is 0. The first kappa shape index (κ1) is 21.8. The lowest BCUT2D eigenvalue weighted by Gasteiger charge is -2.34. The van der Waals surface area contributed by atoms with E-state index < -0.39 is 0 Å². The van der Waals surface area contributed by atoms with Gasteiger partial charge in [-0.3, -0.25) is 14.4 Å². The van der Waals surface area contributed by atoms with Gasteiger partial charge in [-0.2, -0.15) is 0 Å². The van der Waals surface area contributed by atoms with Crippen LogP contribution in [-0.4, -0.2) is 45.0 Å². The molecular formula is C20H28N4O3S2. The molecule has 0 saturated carbocycles. The molecule has 3 N–H and O–H groups in total. The van der Waals surface area contributed by atoms with E-state index in [9.17, 15) is 14.4 Å². The van der Waals surface area contributed by atoms with Gasteiger partial charge in [0, 0.05) is 24.4 Å². The van der Waals surface area contributed by atoms with Crippen molar-refractivity contribution in [2.24, 2.45) is 11.7 Å². The number of likely N-dealkylation sites (tertiary alicyclic amines) is 1. The number of carbonyl (C=O) groups excluding carboxylic acids is 2. The molecule has 0 radical (unpaired) electrons. The maximum Gasteiger partial charge on any atom is 0.259 e. The Morgan fingerprint density at radius 1 is 1.41 bits per heavy atom. The number of thioether (sulfide) groups is 1. The van der Waals surface area contributed by atoms with E-state index in [0.717, 1.165) is 41.1 Å². The van der Waals surface area contributed by atoms with Crippen LogP contribution >= 0.6 is 23.1 Å². The van der Waals surface area contributed by atoms with Gasteiger partial charge in [-0.1, -0.05) is 0 Å². The van der Waals surface area contributed by atoms with Gasteiger partial charge < -0.3 is 15.6 Å². The summed E-state index contributed by atoms with van der Waals surface area (Å²) in [4.78, 5) is 47.5. The van der Waals surface area contributed by atoms with Crippen molar-refractivity contribution in [1.29, 1.82) is 0 Å². The lowest BCUT2D eigenvalue weighted by molar-refractivity contribution is -0.132. The van der Waals surface area contributed by atoms with Crippen molar-refractivity contribution in [3.63, 3.8) is 0 Å². The third kappa shape index (κ3) is 5.19. The van der Waals surface area contributed by atoms with E-state index in [-0.39, 0.29) is 22.6 Å². The van der Waals surface area contributed by atoms with Crippen molar-refractivity contribution < 1.29 is 9.59 Å². The molecule has 0 aromatic carbocycles. The quantitative estimate of drug-likeness (QED) is 0.694. The fourth-order valence-corrected chi connectivity index (χ4v) is 5.63. The SMILES string of the molecule is Cc1sc2nc(CSC(C)C(=O)N3CCCC(CCC(N)=O)C3)[nH]c(=O)c2c1C. The predicted octanol–water partition coefficient (Wildman–Crippen LogP) is 2.73. The highest BCUT2D eigenvalue weighted by atomic mass is 32.2. The fourth-order valence-electron chi connectivity index (χ4n) is 3.75. The van der Waals surface area contributed by atoms with E-state index in [2.05, 4.69) is 9.97 Å². The Balaban J connectivity index is 1.59. The van der Waals surface area contributed by atoms with E-state index in [0.29, 0.717) is 35.8 Å². The average molecular weight is 437 g/mol. The molecule has 1 aliphatic heterocycles. The number of aryl methyl sites for hydroxylation is 2. The Morgan fingerprint density at radius 2 is 2.17 bits per heavy atom. The number of rotatable bonds is 7. The number of hydrogen-bond donors (Lipinski definition) is 2. The molecule has 29 heavy (non-hydrogen) atoms. The topological polar surface area (TPSA) is 109 Å². The highest BCUT2D eigenvalue weighted by Crippen LogP contribution is 2.27. The number of aromatic nitrogens is 2. The summed E-state index contributed by atoms with van der Waals surface area (Å²) < 4.78 is 0. The molecule has 2 atom stereocenters. The molecule has 2 aromatic heterocycles. The number of primary amides is 1. The van der Waals surface area contributed by atoms with E-state index in [1.165, 1.54) is 23.1 Å². The molecule has 1 fully saturated rings. The third-order valence-corrected chi connectivity index (χ3v) is 7.78. The van der Waals surface area contributed by atoms with Gasteiger partial charge in [0.15, 0.2) is 0 Å². The van der Waals surface area contributed by atoms with Crippen LogP contribution in [0.3, 0.4) is 0 Å². The number of H-pyrrole nitrogens is 1. The summed E-state index contributed by atoms with van der Waals surface area (Å²) in [5.41, 5.74) is 6.12. The lowest BCUT2D eigenvalue weighted by atomic mass is 9.93. The number of amides is 2. The Bertz CT molecular complexity index is 969. The molecule has 3 heterocycles. The first-order chi connectivity index (χ1) is 13.8. The van der Waals surface area contributed by atoms with Crippen LogP contribution in [-0.2, 0) is 15.3 Å². The number of nitrogens with zero attached hydrogens (tertiary/aromatic N) is 2. The van der Waals surface area contributed by atoms with Crippen molar-refractivity contribution in [1.82, 2.24) is 14.9 Å². The second-order valence-electron chi connectivity index (χ2n) is 7.73. The van der Waals surface area contributed by atoms with E-state index in [4.69, 9.17) is 5.73 Å². The molecule has 9 heteroatoms. The number of thiophene rings is 1. The Labute approximate surface area is 178 Å². The van der Waals surface area contributed by atoms with Crippen LogP contribution in [0, 0.1) is 19.8 Å². The number of nitrogens with one attached hydrogen (secondary N) is 1. The molecule has 3 rings (SSSR count). The molecule has 2 unspecified atom stereocenters. The Kier molecular flexibility index (Phi) is 7.00. The molecule has 0 bridgehead atoms. The first-order valence-corrected chi connectivity index (χ1v) is 11.8. The van der Waals surface area contributed by atoms with Crippen molar-refractivity contribution in [3.8, 4) is 0 Å². The molecule has 2 aromatic rings. The molecular weight excluding hydrogens is 408 g/mol. The molecule has 0 spiro atoms. The van der Waals surface area contributed by atoms with Gasteiger partial charge in [0.2, 0.25) is 11.8 Å². The molecule has 2 amide bonds. The van der Waals surface area contributed by atoms with Crippen LogP contribution in [0.1, 0.15) is 48.9 Å². The minimum atomic E-state index is -0.285. The summed E-state index contributed by atoms with van der Waals surface area (Å²) >= 11 is 3.01. The number of piperidine rings is 1. The van der Waals surface area contributed by atoms with Gasteiger partial charge in [-0.15, -0.1) is 23.1 Å². The number of carbonyl (C=O) groups is 2. The third-order valence-electron chi connectivity index (χ3n) is 5.54. The van der Waals surface area contributed by atoms with Gasteiger partial charge in [0.1, 0.15) is 10.7 Å². The summed E-state index contributed by atoms with van der Waals surface area (Å²) in [6.07, 6.45) is 3.10. The number of nitrogens with two attached hydrogens (primary N) is 1. The zero-order chi connectivity index (χ0) is 21.1. The highest BCUT2D eigenvalue weighted by molar-refractivity contribution is 7.99. The maximum absolute atomic E-state index is 12.9. The van der Waals surface area contributed by atoms with Crippen LogP contribution in [0.5, 0.6) is 0 Å². The van der Waals surface area contributed by atoms with Crippen molar-refractivity contribution >= 4 is 45.1 Å². The normalized spacial score (nSPS) is 18.2. The van der Waals surface area contributed by atoms with Gasteiger partial charge in [0.25, 0.3) is 5.56 Å². The first-order valence-electron chi connectivity index (χ1n) is 9.93. The maximum atomic E-state index is 12.9. The van der Waals surface area contributed by atoms with Crippen LogP contribution in [0.4, 0.5) is 0 Å². The summed E-state index contributed by atoms with van der Waals surface area (Å²) in [6.45, 7) is 7.27. The van der Waals surface area contributed by atoms with Gasteiger partial charge in [0.05, 0.1) is 16.4 Å². The average Bonchev–Trinajstić information content (AvgIpc) is 2.98. The van der Waals surface area contributed by atoms with Crippen LogP contribution in [0.15, 0.2) is 4.79 Å². The van der Waals surface area contributed by atoms with Crippen molar-refractivity contribution in [2.75, 3.05) is 13.1 Å². The molecule has 0 aliphatic carbocycles. The standard InChI is InChI=1S/C20H28N4O3S2/c1-11-12(2)29-19-17(11)18(26)22-16(23-19)10-28-13(3)20(27)24-8-4-5-14(9-24)6-7-15(21)25/h13-14H,4-10H2,1-3H3,(H2,21,25)(H,22,23,26). The summed E-state index contributed by atoms with van der Waals surface area (Å²) in [6, 6.07) is 0. The van der Waals surface area contributed by atoms with Crippen molar-refractivity contribution in [2.45, 2.75) is 57.5 Å². The number of hydrogen-bond acceptors (Lipinski definition) is 6. The smallest absolute Gasteiger partial charge is 0.259 e. The molecule has 158 valence electrons. The molecule has 1 saturated heterocycles. The summed E-state index contributed by atoms with van der Waals surface area (Å²) in [5.74, 6) is 1.24. The van der Waals surface area contributed by atoms with Crippen LogP contribution < -0.4 is 11.3 Å². The van der Waals surface area contributed by atoms with Gasteiger partial charge >= 0.3 is 0 Å². The Hall–Kier alpha value is -1.87. The second kappa shape index (κ2) is 9.30. The summed E-state index contributed by atoms with van der Waals surface area (Å²) in [5, 5.41) is 0.443. The van der Waals surface area contributed by atoms with Crippen molar-refractivity contribution in [3.05, 3.63) is 26.6 Å². The number of aromatic amines is 1. The minimum Gasteiger partial charge on any atom is -0.370 e. The molecule has 1 aliphatic rings. The predicted molar refractivity (Wildman–Crippen MR) is 118 cm³/mol.